The quantitative estimate of drug-likeness (QED) is 0.849. The molecule has 0 saturated carbocycles. The first-order chi connectivity index (χ1) is 10.9. The van der Waals surface area contributed by atoms with Crippen LogP contribution in [0, 0.1) is 5.92 Å². The van der Waals surface area contributed by atoms with Gasteiger partial charge in [0, 0.05) is 13.1 Å². The summed E-state index contributed by atoms with van der Waals surface area (Å²) in [4.78, 5) is 4.89. The number of nitrogens with zero attached hydrogens (tertiary/aromatic N) is 2. The molecule has 23 heavy (non-hydrogen) atoms. The van der Waals surface area contributed by atoms with Crippen LogP contribution in [0.25, 0.3) is 0 Å². The minimum Gasteiger partial charge on any atom is -0.362 e. The summed E-state index contributed by atoms with van der Waals surface area (Å²) < 4.78 is 25.9. The van der Waals surface area contributed by atoms with Crippen LogP contribution in [-0.4, -0.2) is 51.8 Å². The number of sulfone groups is 1. The van der Waals surface area contributed by atoms with Crippen LogP contribution in [0.15, 0.2) is 53.5 Å². The number of allylic oxidation sites excluding steroid dienone is 2. The van der Waals surface area contributed by atoms with E-state index in [1.807, 2.05) is 36.4 Å². The summed E-state index contributed by atoms with van der Waals surface area (Å²) in [6.45, 7) is 4.02. The molecule has 5 heteroatoms. The molecule has 1 aromatic rings. The number of fused-ring (bicyclic) bond motifs is 2. The standard InChI is InChI=1S/C18H24N2O2S/c1-14(12-19(2)3)13-20-15-8-4-6-10-17(15)23(21,22)18-11-7-5-9-16(18)20/h4-11,14-15,17H,12-13H2,1-3H3/t14-,15?,17?/m1/s1. The Morgan fingerprint density at radius 3 is 2.61 bits per heavy atom. The van der Waals surface area contributed by atoms with Crippen LogP contribution in [-0.2, 0) is 9.84 Å². The first-order valence-corrected chi connectivity index (χ1v) is 9.55. The SMILES string of the molecule is C[C@H](CN(C)C)CN1c2ccccc2S(=O)(=O)C2C=CC=CC21. The summed E-state index contributed by atoms with van der Waals surface area (Å²) >= 11 is 0. The number of para-hydroxylation sites is 1. The van der Waals surface area contributed by atoms with Crippen molar-refractivity contribution in [2.75, 3.05) is 32.1 Å². The maximum Gasteiger partial charge on any atom is 0.189 e. The van der Waals surface area contributed by atoms with Crippen molar-refractivity contribution in [1.29, 1.82) is 0 Å². The molecule has 3 atom stereocenters. The van der Waals surface area contributed by atoms with E-state index in [1.165, 1.54) is 0 Å². The number of benzene rings is 1. The van der Waals surface area contributed by atoms with Gasteiger partial charge in [0.2, 0.25) is 0 Å². The van der Waals surface area contributed by atoms with E-state index < -0.39 is 15.1 Å². The van der Waals surface area contributed by atoms with Crippen LogP contribution < -0.4 is 4.90 Å². The average Bonchev–Trinajstić information content (AvgIpc) is 2.51. The fourth-order valence-electron chi connectivity index (χ4n) is 3.62. The Balaban J connectivity index is 2.03. The second-order valence-corrected chi connectivity index (χ2v) is 8.83. The van der Waals surface area contributed by atoms with Gasteiger partial charge < -0.3 is 9.80 Å². The molecular weight excluding hydrogens is 308 g/mol. The van der Waals surface area contributed by atoms with E-state index in [9.17, 15) is 8.42 Å². The highest BCUT2D eigenvalue weighted by molar-refractivity contribution is 7.92. The van der Waals surface area contributed by atoms with E-state index in [2.05, 4.69) is 30.8 Å². The zero-order valence-corrected chi connectivity index (χ0v) is 14.7. The van der Waals surface area contributed by atoms with Gasteiger partial charge in [-0.3, -0.25) is 0 Å². The van der Waals surface area contributed by atoms with E-state index in [-0.39, 0.29) is 6.04 Å². The fraction of sp³-hybridized carbons (Fsp3) is 0.444. The van der Waals surface area contributed by atoms with Crippen molar-refractivity contribution in [1.82, 2.24) is 4.90 Å². The van der Waals surface area contributed by atoms with E-state index >= 15 is 0 Å². The lowest BCUT2D eigenvalue weighted by Crippen LogP contribution is -2.52. The molecule has 3 rings (SSSR count). The van der Waals surface area contributed by atoms with Gasteiger partial charge in [0.25, 0.3) is 0 Å². The zero-order chi connectivity index (χ0) is 16.6. The molecule has 0 amide bonds. The normalized spacial score (nSPS) is 26.0. The molecular formula is C18H24N2O2S. The summed E-state index contributed by atoms with van der Waals surface area (Å²) in [5, 5.41) is -0.492. The third kappa shape index (κ3) is 2.95. The Morgan fingerprint density at radius 1 is 1.17 bits per heavy atom. The van der Waals surface area contributed by atoms with Crippen molar-refractivity contribution in [2.24, 2.45) is 5.92 Å². The van der Waals surface area contributed by atoms with Crippen molar-refractivity contribution >= 4 is 15.5 Å². The highest BCUT2D eigenvalue weighted by Gasteiger charge is 2.43. The molecule has 0 spiro atoms. The molecule has 1 aliphatic carbocycles. The lowest BCUT2D eigenvalue weighted by Gasteiger charge is -2.43. The summed E-state index contributed by atoms with van der Waals surface area (Å²) in [5.41, 5.74) is 0.833. The van der Waals surface area contributed by atoms with E-state index in [0.29, 0.717) is 10.8 Å². The topological polar surface area (TPSA) is 40.6 Å². The molecule has 2 aliphatic rings. The average molecular weight is 332 g/mol. The molecule has 0 aromatic heterocycles. The molecule has 1 heterocycles. The van der Waals surface area contributed by atoms with Gasteiger partial charge >= 0.3 is 0 Å². The minimum atomic E-state index is -3.32. The first-order valence-electron chi connectivity index (χ1n) is 8.00. The Hall–Kier alpha value is -1.59. The maximum absolute atomic E-state index is 12.9. The van der Waals surface area contributed by atoms with Crippen molar-refractivity contribution in [2.45, 2.75) is 23.1 Å². The van der Waals surface area contributed by atoms with Crippen LogP contribution in [0.3, 0.4) is 0 Å². The molecule has 0 N–H and O–H groups in total. The Bertz CT molecular complexity index is 737. The summed E-state index contributed by atoms with van der Waals surface area (Å²) in [7, 11) is 0.808. The van der Waals surface area contributed by atoms with Gasteiger partial charge in [-0.05, 0) is 32.1 Å². The minimum absolute atomic E-state index is 0.121. The molecule has 0 fully saturated rings. The van der Waals surface area contributed by atoms with Crippen molar-refractivity contribution in [3.8, 4) is 0 Å². The summed E-state index contributed by atoms with van der Waals surface area (Å²) in [5.74, 6) is 0.443. The second kappa shape index (κ2) is 6.13. The number of hydrogen-bond donors (Lipinski definition) is 0. The van der Waals surface area contributed by atoms with Crippen molar-refractivity contribution < 1.29 is 8.42 Å². The van der Waals surface area contributed by atoms with Gasteiger partial charge in [-0.1, -0.05) is 43.4 Å². The van der Waals surface area contributed by atoms with Crippen LogP contribution in [0.4, 0.5) is 5.69 Å². The predicted octanol–water partition coefficient (Wildman–Crippen LogP) is 2.34. The number of hydrogen-bond acceptors (Lipinski definition) is 4. The third-order valence-corrected chi connectivity index (χ3v) is 6.55. The van der Waals surface area contributed by atoms with Gasteiger partial charge in [-0.15, -0.1) is 0 Å². The largest absolute Gasteiger partial charge is 0.362 e. The van der Waals surface area contributed by atoms with E-state index in [0.717, 1.165) is 18.8 Å². The van der Waals surface area contributed by atoms with Gasteiger partial charge in [0.15, 0.2) is 9.84 Å². The summed E-state index contributed by atoms with van der Waals surface area (Å²) in [6, 6.07) is 7.26. The summed E-state index contributed by atoms with van der Waals surface area (Å²) in [6.07, 6.45) is 7.63. The molecule has 2 unspecified atom stereocenters. The zero-order valence-electron chi connectivity index (χ0n) is 13.9. The lowest BCUT2D eigenvalue weighted by molar-refractivity contribution is 0.336. The third-order valence-electron chi connectivity index (χ3n) is 4.44. The highest BCUT2D eigenvalue weighted by Crippen LogP contribution is 2.39. The Labute approximate surface area is 139 Å². The Kier molecular flexibility index (Phi) is 4.34. The Morgan fingerprint density at radius 2 is 1.87 bits per heavy atom. The predicted molar refractivity (Wildman–Crippen MR) is 94.5 cm³/mol. The van der Waals surface area contributed by atoms with Crippen molar-refractivity contribution in [3.05, 3.63) is 48.6 Å². The molecule has 1 aromatic carbocycles. The van der Waals surface area contributed by atoms with Crippen LogP contribution >= 0.6 is 0 Å². The van der Waals surface area contributed by atoms with E-state index in [1.54, 1.807) is 12.1 Å². The molecule has 124 valence electrons. The molecule has 0 saturated heterocycles. The lowest BCUT2D eigenvalue weighted by atomic mass is 10.0. The van der Waals surface area contributed by atoms with Crippen LogP contribution in [0.5, 0.6) is 0 Å². The number of rotatable bonds is 4. The second-order valence-electron chi connectivity index (χ2n) is 6.76. The van der Waals surface area contributed by atoms with Gasteiger partial charge in [-0.2, -0.15) is 0 Å². The fourth-order valence-corrected chi connectivity index (χ4v) is 5.56. The molecule has 1 aliphatic heterocycles. The smallest absolute Gasteiger partial charge is 0.189 e. The highest BCUT2D eigenvalue weighted by atomic mass is 32.2. The van der Waals surface area contributed by atoms with Gasteiger partial charge in [0.1, 0.15) is 5.25 Å². The number of anilines is 1. The molecule has 0 radical (unpaired) electrons. The van der Waals surface area contributed by atoms with Crippen molar-refractivity contribution in [3.63, 3.8) is 0 Å². The molecule has 0 bridgehead atoms. The first kappa shape index (κ1) is 16.3. The van der Waals surface area contributed by atoms with Gasteiger partial charge in [0.05, 0.1) is 16.6 Å². The molecule has 4 nitrogen and oxygen atoms in total. The van der Waals surface area contributed by atoms with Gasteiger partial charge in [-0.25, -0.2) is 8.42 Å². The van der Waals surface area contributed by atoms with Crippen LogP contribution in [0.1, 0.15) is 6.92 Å². The van der Waals surface area contributed by atoms with Crippen LogP contribution in [0.2, 0.25) is 0 Å². The van der Waals surface area contributed by atoms with E-state index in [4.69, 9.17) is 0 Å². The monoisotopic (exact) mass is 332 g/mol. The maximum atomic E-state index is 12.9.